The van der Waals surface area contributed by atoms with Gasteiger partial charge in [-0.05, 0) is 29.8 Å². The van der Waals surface area contributed by atoms with Crippen LogP contribution in [0.2, 0.25) is 0 Å². The predicted octanol–water partition coefficient (Wildman–Crippen LogP) is 1.45. The molecule has 2 aromatic carbocycles. The molecule has 0 spiro atoms. The summed E-state index contributed by atoms with van der Waals surface area (Å²) in [5.41, 5.74) is 7.28. The lowest BCUT2D eigenvalue weighted by atomic mass is 10.2. The van der Waals surface area contributed by atoms with E-state index in [0.717, 1.165) is 10.2 Å². The second kappa shape index (κ2) is 9.41. The van der Waals surface area contributed by atoms with Crippen molar-refractivity contribution in [2.24, 2.45) is 0 Å². The topological polar surface area (TPSA) is 133 Å². The number of hydrogen-bond donors (Lipinski definition) is 3. The molecular weight excluding hydrogens is 388 g/mol. The van der Waals surface area contributed by atoms with Crippen molar-refractivity contribution in [3.05, 3.63) is 59.8 Å². The van der Waals surface area contributed by atoms with Crippen LogP contribution in [0.25, 0.3) is 0 Å². The first kappa shape index (κ1) is 20.6. The molecule has 1 aromatic heterocycles. The molecule has 10 heteroatoms. The third-order valence-electron chi connectivity index (χ3n) is 4.25. The Hall–Kier alpha value is -4.08. The number of ether oxygens (including phenoxy) is 2. The Kier molecular flexibility index (Phi) is 6.48. The highest BCUT2D eigenvalue weighted by atomic mass is 16.5. The van der Waals surface area contributed by atoms with E-state index in [1.165, 1.54) is 7.11 Å². The molecule has 0 bridgehead atoms. The molecule has 0 aliphatic rings. The van der Waals surface area contributed by atoms with E-state index >= 15 is 0 Å². The molecule has 0 radical (unpaired) electrons. The van der Waals surface area contributed by atoms with Gasteiger partial charge < -0.3 is 25.8 Å². The molecule has 30 heavy (non-hydrogen) atoms. The van der Waals surface area contributed by atoms with Gasteiger partial charge in [-0.3, -0.25) is 9.59 Å². The van der Waals surface area contributed by atoms with Crippen molar-refractivity contribution in [1.82, 2.24) is 20.3 Å². The molecule has 156 valence electrons. The number of nitrogens with zero attached hydrogens (tertiary/aromatic N) is 3. The van der Waals surface area contributed by atoms with Crippen LogP contribution in [0.15, 0.2) is 48.5 Å². The van der Waals surface area contributed by atoms with E-state index in [0.29, 0.717) is 17.2 Å². The Morgan fingerprint density at radius 1 is 1.10 bits per heavy atom. The Labute approximate surface area is 173 Å². The normalized spacial score (nSPS) is 10.3. The molecule has 1 heterocycles. The molecule has 0 unspecified atom stereocenters. The molecule has 0 saturated carbocycles. The molecule has 10 nitrogen and oxygen atoms in total. The van der Waals surface area contributed by atoms with E-state index in [2.05, 4.69) is 20.9 Å². The minimum atomic E-state index is -0.494. The molecule has 0 atom stereocenters. The SMILES string of the molecule is COc1cccc(CNC(=O)c2nnn(CC(=O)Nc3ccccc3OC)c2N)c1. The van der Waals surface area contributed by atoms with Gasteiger partial charge in [-0.1, -0.05) is 29.5 Å². The van der Waals surface area contributed by atoms with Crippen LogP contribution in [0, 0.1) is 0 Å². The number of methoxy groups -OCH3 is 2. The summed E-state index contributed by atoms with van der Waals surface area (Å²) in [6.07, 6.45) is 0. The second-order valence-corrected chi connectivity index (χ2v) is 6.26. The number of nitrogens with two attached hydrogens (primary N) is 1. The van der Waals surface area contributed by atoms with Gasteiger partial charge in [0, 0.05) is 6.54 Å². The Balaban J connectivity index is 1.62. The quantitative estimate of drug-likeness (QED) is 0.512. The van der Waals surface area contributed by atoms with Gasteiger partial charge in [0.15, 0.2) is 11.5 Å². The summed E-state index contributed by atoms with van der Waals surface area (Å²) in [7, 11) is 3.08. The average molecular weight is 410 g/mol. The van der Waals surface area contributed by atoms with Crippen molar-refractivity contribution < 1.29 is 19.1 Å². The van der Waals surface area contributed by atoms with E-state index < -0.39 is 5.91 Å². The van der Waals surface area contributed by atoms with Crippen molar-refractivity contribution in [3.63, 3.8) is 0 Å². The fraction of sp³-hybridized carbons (Fsp3) is 0.200. The van der Waals surface area contributed by atoms with E-state index in [9.17, 15) is 9.59 Å². The summed E-state index contributed by atoms with van der Waals surface area (Å²) in [5.74, 6) is 0.322. The number of hydrogen-bond acceptors (Lipinski definition) is 7. The number of nitrogen functional groups attached to an aromatic ring is 1. The third-order valence-corrected chi connectivity index (χ3v) is 4.25. The zero-order valence-electron chi connectivity index (χ0n) is 16.6. The summed E-state index contributed by atoms with van der Waals surface area (Å²) in [6, 6.07) is 14.3. The van der Waals surface area contributed by atoms with Crippen molar-refractivity contribution >= 4 is 23.3 Å². The van der Waals surface area contributed by atoms with Crippen molar-refractivity contribution in [1.29, 1.82) is 0 Å². The molecule has 0 fully saturated rings. The molecule has 0 aliphatic carbocycles. The molecule has 0 aliphatic heterocycles. The third kappa shape index (κ3) is 4.85. The van der Waals surface area contributed by atoms with Gasteiger partial charge in [0.1, 0.15) is 18.0 Å². The maximum absolute atomic E-state index is 12.4. The van der Waals surface area contributed by atoms with Gasteiger partial charge in [-0.25, -0.2) is 4.68 Å². The van der Waals surface area contributed by atoms with Gasteiger partial charge in [-0.15, -0.1) is 5.10 Å². The van der Waals surface area contributed by atoms with Crippen LogP contribution in [0.4, 0.5) is 11.5 Å². The molecule has 2 amide bonds. The summed E-state index contributed by atoms with van der Waals surface area (Å²) in [6.45, 7) is 0.0522. The summed E-state index contributed by atoms with van der Waals surface area (Å²) in [4.78, 5) is 24.7. The number of amides is 2. The first-order chi connectivity index (χ1) is 14.5. The summed E-state index contributed by atoms with van der Waals surface area (Å²) in [5, 5.41) is 13.0. The standard InChI is InChI=1S/C20H22N6O4/c1-29-14-7-5-6-13(10-14)11-22-20(28)18-19(21)26(25-24-18)12-17(27)23-15-8-3-4-9-16(15)30-2/h3-10H,11-12,21H2,1-2H3,(H,22,28)(H,23,27). The second-order valence-electron chi connectivity index (χ2n) is 6.26. The lowest BCUT2D eigenvalue weighted by Crippen LogP contribution is -2.25. The minimum Gasteiger partial charge on any atom is -0.497 e. The zero-order chi connectivity index (χ0) is 21.5. The van der Waals surface area contributed by atoms with Crippen LogP contribution in [0.3, 0.4) is 0 Å². The maximum atomic E-state index is 12.4. The number of aromatic nitrogens is 3. The van der Waals surface area contributed by atoms with E-state index in [1.807, 2.05) is 24.3 Å². The van der Waals surface area contributed by atoms with Crippen LogP contribution in [-0.4, -0.2) is 41.0 Å². The lowest BCUT2D eigenvalue weighted by Gasteiger charge is -2.10. The number of carbonyl (C=O) groups excluding carboxylic acids is 2. The Morgan fingerprint density at radius 3 is 2.67 bits per heavy atom. The van der Waals surface area contributed by atoms with Crippen LogP contribution < -0.4 is 25.8 Å². The first-order valence-corrected chi connectivity index (χ1v) is 9.04. The number of anilines is 2. The van der Waals surface area contributed by atoms with Crippen LogP contribution >= 0.6 is 0 Å². The number of nitrogens with one attached hydrogen (secondary N) is 2. The lowest BCUT2D eigenvalue weighted by molar-refractivity contribution is -0.116. The molecular formula is C20H22N6O4. The van der Waals surface area contributed by atoms with Crippen LogP contribution in [0.1, 0.15) is 16.1 Å². The van der Waals surface area contributed by atoms with Crippen molar-refractivity contribution in [3.8, 4) is 11.5 Å². The zero-order valence-corrected chi connectivity index (χ0v) is 16.6. The van der Waals surface area contributed by atoms with E-state index in [1.54, 1.807) is 31.4 Å². The van der Waals surface area contributed by atoms with Crippen LogP contribution in [-0.2, 0) is 17.9 Å². The van der Waals surface area contributed by atoms with E-state index in [4.69, 9.17) is 15.2 Å². The average Bonchev–Trinajstić information content (AvgIpc) is 3.12. The first-order valence-electron chi connectivity index (χ1n) is 9.04. The smallest absolute Gasteiger partial charge is 0.275 e. The fourth-order valence-corrected chi connectivity index (χ4v) is 2.72. The van der Waals surface area contributed by atoms with Crippen LogP contribution in [0.5, 0.6) is 11.5 Å². The number of para-hydroxylation sites is 2. The fourth-order valence-electron chi connectivity index (χ4n) is 2.72. The number of carbonyl (C=O) groups is 2. The maximum Gasteiger partial charge on any atom is 0.275 e. The molecule has 4 N–H and O–H groups in total. The Bertz CT molecular complexity index is 1050. The Morgan fingerprint density at radius 2 is 1.90 bits per heavy atom. The number of rotatable bonds is 8. The summed E-state index contributed by atoms with van der Waals surface area (Å²) >= 11 is 0. The van der Waals surface area contributed by atoms with Gasteiger partial charge >= 0.3 is 0 Å². The van der Waals surface area contributed by atoms with Gasteiger partial charge in [-0.2, -0.15) is 0 Å². The monoisotopic (exact) mass is 410 g/mol. The molecule has 0 saturated heterocycles. The highest BCUT2D eigenvalue weighted by molar-refractivity contribution is 5.97. The molecule has 3 rings (SSSR count). The van der Waals surface area contributed by atoms with Gasteiger partial charge in [0.2, 0.25) is 5.91 Å². The summed E-state index contributed by atoms with van der Waals surface area (Å²) < 4.78 is 11.5. The molecule has 3 aromatic rings. The predicted molar refractivity (Wildman–Crippen MR) is 110 cm³/mol. The number of benzene rings is 2. The van der Waals surface area contributed by atoms with Gasteiger partial charge in [0.05, 0.1) is 19.9 Å². The van der Waals surface area contributed by atoms with Crippen molar-refractivity contribution in [2.75, 3.05) is 25.3 Å². The van der Waals surface area contributed by atoms with E-state index in [-0.39, 0.29) is 30.5 Å². The highest BCUT2D eigenvalue weighted by Gasteiger charge is 2.19. The highest BCUT2D eigenvalue weighted by Crippen LogP contribution is 2.23. The largest absolute Gasteiger partial charge is 0.497 e. The van der Waals surface area contributed by atoms with Crippen molar-refractivity contribution in [2.45, 2.75) is 13.1 Å². The minimum absolute atomic E-state index is 0.00619. The van der Waals surface area contributed by atoms with Gasteiger partial charge in [0.25, 0.3) is 5.91 Å².